The lowest BCUT2D eigenvalue weighted by atomic mass is 9.97. The first-order valence-electron chi connectivity index (χ1n) is 11.0. The van der Waals surface area contributed by atoms with Crippen molar-refractivity contribution in [2.24, 2.45) is 7.05 Å². The molecule has 182 valence electrons. The van der Waals surface area contributed by atoms with Crippen molar-refractivity contribution >= 4 is 17.7 Å². The topological polar surface area (TPSA) is 128 Å². The van der Waals surface area contributed by atoms with Crippen molar-refractivity contribution in [1.29, 1.82) is 0 Å². The smallest absolute Gasteiger partial charge is 0.319 e. The zero-order valence-electron chi connectivity index (χ0n) is 19.2. The molecule has 3 aromatic rings. The van der Waals surface area contributed by atoms with Crippen molar-refractivity contribution in [2.75, 3.05) is 18.7 Å². The van der Waals surface area contributed by atoms with Crippen LogP contribution in [0.2, 0.25) is 0 Å². The maximum Gasteiger partial charge on any atom is 0.319 e. The summed E-state index contributed by atoms with van der Waals surface area (Å²) in [5.74, 6) is 0.441. The summed E-state index contributed by atoms with van der Waals surface area (Å²) in [6, 6.07) is 12.7. The van der Waals surface area contributed by atoms with Gasteiger partial charge in [-0.25, -0.2) is 4.79 Å². The summed E-state index contributed by atoms with van der Waals surface area (Å²) in [6.07, 6.45) is 1.25. The van der Waals surface area contributed by atoms with Crippen molar-refractivity contribution < 1.29 is 28.9 Å². The molecule has 0 saturated carbocycles. The van der Waals surface area contributed by atoms with E-state index in [1.54, 1.807) is 13.0 Å². The second-order valence-electron chi connectivity index (χ2n) is 7.85. The number of anilines is 1. The molecule has 0 aliphatic carbocycles. The highest BCUT2D eigenvalue weighted by Gasteiger charge is 2.22. The van der Waals surface area contributed by atoms with Crippen molar-refractivity contribution in [3.05, 3.63) is 70.6 Å². The van der Waals surface area contributed by atoms with Gasteiger partial charge >= 0.3 is 12.0 Å². The Morgan fingerprint density at radius 1 is 1.11 bits per heavy atom. The number of ether oxygens (including phenoxy) is 3. The van der Waals surface area contributed by atoms with E-state index in [-0.39, 0.29) is 31.3 Å². The van der Waals surface area contributed by atoms with Crippen LogP contribution in [0.25, 0.3) is 11.1 Å². The first-order valence-corrected chi connectivity index (χ1v) is 11.0. The van der Waals surface area contributed by atoms with Crippen LogP contribution in [0.5, 0.6) is 17.2 Å². The molecule has 4 rings (SSSR count). The molecule has 1 atom stereocenters. The Kier molecular flexibility index (Phi) is 6.91. The van der Waals surface area contributed by atoms with Crippen LogP contribution in [0.15, 0.2) is 59.5 Å². The van der Waals surface area contributed by atoms with E-state index >= 15 is 0 Å². The van der Waals surface area contributed by atoms with E-state index in [0.717, 1.165) is 11.1 Å². The lowest BCUT2D eigenvalue weighted by molar-refractivity contribution is -0.143. The number of hydrogen-bond donors (Lipinski definition) is 3. The molecular weight excluding hydrogens is 454 g/mol. The Morgan fingerprint density at radius 3 is 2.69 bits per heavy atom. The molecule has 1 aliphatic rings. The van der Waals surface area contributed by atoms with Crippen LogP contribution in [-0.4, -0.2) is 35.1 Å². The van der Waals surface area contributed by atoms with Crippen LogP contribution >= 0.6 is 0 Å². The summed E-state index contributed by atoms with van der Waals surface area (Å²) in [5, 5.41) is 15.1. The van der Waals surface area contributed by atoms with E-state index < -0.39 is 23.6 Å². The summed E-state index contributed by atoms with van der Waals surface area (Å²) in [4.78, 5) is 37.3. The molecule has 35 heavy (non-hydrogen) atoms. The molecule has 1 aliphatic heterocycles. The SMILES string of the molecule is CCOC(=O)CC(NC(=O)Nc1c(O)ccn(C)c1=O)c1cccc(-c2ccc3c(c2)OCO3)c1. The van der Waals surface area contributed by atoms with Crippen LogP contribution in [0.3, 0.4) is 0 Å². The Hall–Kier alpha value is -4.47. The molecule has 0 radical (unpaired) electrons. The number of fused-ring (bicyclic) bond motifs is 1. The van der Waals surface area contributed by atoms with E-state index in [2.05, 4.69) is 10.6 Å². The van der Waals surface area contributed by atoms with Crippen LogP contribution in [-0.2, 0) is 16.6 Å². The predicted molar refractivity (Wildman–Crippen MR) is 127 cm³/mol. The van der Waals surface area contributed by atoms with Gasteiger partial charge in [-0.15, -0.1) is 0 Å². The monoisotopic (exact) mass is 479 g/mol. The number of aryl methyl sites for hydroxylation is 1. The average Bonchev–Trinajstić information content (AvgIpc) is 3.32. The molecule has 0 fully saturated rings. The van der Waals surface area contributed by atoms with Crippen LogP contribution in [0.1, 0.15) is 24.9 Å². The molecule has 10 heteroatoms. The highest BCUT2D eigenvalue weighted by atomic mass is 16.7. The molecule has 3 N–H and O–H groups in total. The molecular formula is C25H25N3O7. The Labute approximate surface area is 201 Å². The number of urea groups is 1. The van der Waals surface area contributed by atoms with Crippen molar-refractivity contribution in [1.82, 2.24) is 9.88 Å². The van der Waals surface area contributed by atoms with Gasteiger partial charge in [0.05, 0.1) is 19.1 Å². The first-order chi connectivity index (χ1) is 16.9. The Morgan fingerprint density at radius 2 is 1.89 bits per heavy atom. The van der Waals surface area contributed by atoms with Gasteiger partial charge in [-0.3, -0.25) is 9.59 Å². The van der Waals surface area contributed by atoms with Gasteiger partial charge in [-0.1, -0.05) is 24.3 Å². The number of aromatic nitrogens is 1. The van der Waals surface area contributed by atoms with Crippen molar-refractivity contribution in [3.63, 3.8) is 0 Å². The lowest BCUT2D eigenvalue weighted by Gasteiger charge is -2.20. The minimum Gasteiger partial charge on any atom is -0.505 e. The number of aromatic hydroxyl groups is 1. The van der Waals surface area contributed by atoms with Gasteiger partial charge in [0, 0.05) is 13.2 Å². The van der Waals surface area contributed by atoms with Crippen molar-refractivity contribution in [3.8, 4) is 28.4 Å². The molecule has 1 unspecified atom stereocenters. The van der Waals surface area contributed by atoms with E-state index in [0.29, 0.717) is 17.1 Å². The highest BCUT2D eigenvalue weighted by molar-refractivity contribution is 5.91. The largest absolute Gasteiger partial charge is 0.505 e. The number of nitrogens with zero attached hydrogens (tertiary/aromatic N) is 1. The fourth-order valence-corrected chi connectivity index (χ4v) is 3.69. The molecule has 0 spiro atoms. The number of hydrogen-bond acceptors (Lipinski definition) is 7. The number of pyridine rings is 1. The molecule has 1 aromatic heterocycles. The van der Waals surface area contributed by atoms with Gasteiger partial charge in [0.1, 0.15) is 5.75 Å². The van der Waals surface area contributed by atoms with Gasteiger partial charge < -0.3 is 34.5 Å². The third-order valence-electron chi connectivity index (χ3n) is 5.46. The van der Waals surface area contributed by atoms with Gasteiger partial charge in [0.25, 0.3) is 5.56 Å². The Balaban J connectivity index is 1.60. The zero-order valence-corrected chi connectivity index (χ0v) is 19.2. The first kappa shape index (κ1) is 23.7. The Bertz CT molecular complexity index is 1320. The predicted octanol–water partition coefficient (Wildman–Crippen LogP) is 3.30. The van der Waals surface area contributed by atoms with E-state index in [1.165, 1.54) is 23.9 Å². The van der Waals surface area contributed by atoms with Gasteiger partial charge in [-0.05, 0) is 47.9 Å². The number of nitrogens with one attached hydrogen (secondary N) is 2. The van der Waals surface area contributed by atoms with Crippen LogP contribution < -0.4 is 25.7 Å². The number of rotatable bonds is 7. The third-order valence-corrected chi connectivity index (χ3v) is 5.46. The van der Waals surface area contributed by atoms with E-state index in [4.69, 9.17) is 14.2 Å². The number of esters is 1. The number of carbonyl (C=O) groups excluding carboxylic acids is 2. The fourth-order valence-electron chi connectivity index (χ4n) is 3.69. The van der Waals surface area contributed by atoms with Gasteiger partial charge in [0.15, 0.2) is 17.2 Å². The number of amides is 2. The summed E-state index contributed by atoms with van der Waals surface area (Å²) in [5.41, 5.74) is 1.51. The summed E-state index contributed by atoms with van der Waals surface area (Å²) in [7, 11) is 1.50. The molecule has 2 aromatic carbocycles. The second-order valence-corrected chi connectivity index (χ2v) is 7.85. The lowest BCUT2D eigenvalue weighted by Crippen LogP contribution is -2.36. The molecule has 0 bridgehead atoms. The van der Waals surface area contributed by atoms with Crippen LogP contribution in [0, 0.1) is 0 Å². The normalized spacial score (nSPS) is 12.6. The molecule has 2 heterocycles. The maximum absolute atomic E-state index is 12.8. The molecule has 0 saturated heterocycles. The number of benzene rings is 2. The molecule has 2 amide bonds. The second kappa shape index (κ2) is 10.2. The van der Waals surface area contributed by atoms with E-state index in [9.17, 15) is 19.5 Å². The van der Waals surface area contributed by atoms with Gasteiger partial charge in [-0.2, -0.15) is 0 Å². The minimum atomic E-state index is -0.766. The summed E-state index contributed by atoms with van der Waals surface area (Å²) < 4.78 is 17.1. The van der Waals surface area contributed by atoms with Crippen LogP contribution in [0.4, 0.5) is 10.5 Å². The molecule has 10 nitrogen and oxygen atoms in total. The third kappa shape index (κ3) is 5.37. The fraction of sp³-hybridized carbons (Fsp3) is 0.240. The van der Waals surface area contributed by atoms with Gasteiger partial charge in [0.2, 0.25) is 6.79 Å². The average molecular weight is 479 g/mol. The summed E-state index contributed by atoms with van der Waals surface area (Å²) in [6.45, 7) is 2.06. The summed E-state index contributed by atoms with van der Waals surface area (Å²) >= 11 is 0. The standard InChI is InChI=1S/C25H25N3O7/c1-3-33-22(30)13-18(26-25(32)27-23-19(29)9-10-28(2)24(23)31)17-6-4-5-15(11-17)16-7-8-20-21(12-16)35-14-34-20/h4-12,18,29H,3,13-14H2,1-2H3,(H2,26,27,32). The number of carbonyl (C=O) groups is 2. The van der Waals surface area contributed by atoms with E-state index in [1.807, 2.05) is 36.4 Å². The zero-order chi connectivity index (χ0) is 24.9. The highest BCUT2D eigenvalue weighted by Crippen LogP contribution is 2.36. The quantitative estimate of drug-likeness (QED) is 0.444. The maximum atomic E-state index is 12.8. The van der Waals surface area contributed by atoms with Crippen molar-refractivity contribution in [2.45, 2.75) is 19.4 Å². The minimum absolute atomic E-state index is 0.134.